The number of hydrogen-bond acceptors (Lipinski definition) is 4. The van der Waals surface area contributed by atoms with Crippen LogP contribution in [0.1, 0.15) is 20.3 Å². The summed E-state index contributed by atoms with van der Waals surface area (Å²) in [6.45, 7) is 3.70. The molecular weight excluding hydrogens is 216 g/mol. The third-order valence-electron chi connectivity index (χ3n) is 2.08. The fraction of sp³-hybridized carbons (Fsp3) is 0.625. The van der Waals surface area contributed by atoms with Crippen LogP contribution in [-0.2, 0) is 17.1 Å². The standard InChI is InChI=1S/C8H16N4O2S/c1-4-6(2)11-15(13,14)7-5-12(3)10-8(7)9/h5-6,11H,4H2,1-3H3,(H2,9,10). The molecule has 0 saturated carbocycles. The van der Waals surface area contributed by atoms with Crippen LogP contribution in [-0.4, -0.2) is 24.2 Å². The van der Waals surface area contributed by atoms with E-state index in [4.69, 9.17) is 5.73 Å². The van der Waals surface area contributed by atoms with E-state index >= 15 is 0 Å². The Morgan fingerprint density at radius 3 is 2.67 bits per heavy atom. The molecule has 15 heavy (non-hydrogen) atoms. The largest absolute Gasteiger partial charge is 0.381 e. The van der Waals surface area contributed by atoms with Crippen molar-refractivity contribution >= 4 is 15.8 Å². The first-order chi connectivity index (χ1) is 6.86. The van der Waals surface area contributed by atoms with Crippen LogP contribution in [0.3, 0.4) is 0 Å². The van der Waals surface area contributed by atoms with Gasteiger partial charge in [-0.1, -0.05) is 6.92 Å². The summed E-state index contributed by atoms with van der Waals surface area (Å²) in [7, 11) is -1.92. The zero-order valence-corrected chi connectivity index (χ0v) is 9.87. The highest BCUT2D eigenvalue weighted by Crippen LogP contribution is 2.15. The highest BCUT2D eigenvalue weighted by atomic mass is 32.2. The third kappa shape index (κ3) is 2.69. The van der Waals surface area contributed by atoms with Gasteiger partial charge in [-0.2, -0.15) is 5.10 Å². The Morgan fingerprint density at radius 2 is 2.27 bits per heavy atom. The van der Waals surface area contributed by atoms with Gasteiger partial charge in [0.15, 0.2) is 5.82 Å². The number of rotatable bonds is 4. The molecule has 86 valence electrons. The highest BCUT2D eigenvalue weighted by molar-refractivity contribution is 7.89. The number of anilines is 1. The molecule has 0 radical (unpaired) electrons. The maximum Gasteiger partial charge on any atom is 0.246 e. The Hall–Kier alpha value is -1.08. The summed E-state index contributed by atoms with van der Waals surface area (Å²) >= 11 is 0. The summed E-state index contributed by atoms with van der Waals surface area (Å²) in [4.78, 5) is 0.0327. The molecular formula is C8H16N4O2S. The van der Waals surface area contributed by atoms with Crippen molar-refractivity contribution in [2.75, 3.05) is 5.73 Å². The molecule has 1 heterocycles. The molecule has 0 aliphatic heterocycles. The van der Waals surface area contributed by atoms with Gasteiger partial charge in [-0.15, -0.1) is 0 Å². The van der Waals surface area contributed by atoms with Crippen LogP contribution < -0.4 is 10.5 Å². The number of sulfonamides is 1. The number of nitrogens with one attached hydrogen (secondary N) is 1. The van der Waals surface area contributed by atoms with Crippen LogP contribution in [0.5, 0.6) is 0 Å². The molecule has 0 aliphatic carbocycles. The van der Waals surface area contributed by atoms with E-state index in [-0.39, 0.29) is 16.8 Å². The fourth-order valence-corrected chi connectivity index (χ4v) is 2.53. The molecule has 3 N–H and O–H groups in total. The van der Waals surface area contributed by atoms with E-state index in [2.05, 4.69) is 9.82 Å². The van der Waals surface area contributed by atoms with Gasteiger partial charge in [0.2, 0.25) is 10.0 Å². The minimum absolute atomic E-state index is 0.0216. The van der Waals surface area contributed by atoms with Crippen molar-refractivity contribution in [2.45, 2.75) is 31.2 Å². The van der Waals surface area contributed by atoms with Crippen LogP contribution >= 0.6 is 0 Å². The van der Waals surface area contributed by atoms with Crippen LogP contribution in [0.25, 0.3) is 0 Å². The molecule has 0 bridgehead atoms. The average molecular weight is 232 g/mol. The molecule has 0 saturated heterocycles. The Kier molecular flexibility index (Phi) is 3.35. The monoisotopic (exact) mass is 232 g/mol. The van der Waals surface area contributed by atoms with E-state index in [0.29, 0.717) is 0 Å². The van der Waals surface area contributed by atoms with Crippen LogP contribution in [0, 0.1) is 0 Å². The first kappa shape index (κ1) is 12.0. The van der Waals surface area contributed by atoms with Gasteiger partial charge >= 0.3 is 0 Å². The number of nitrogen functional groups attached to an aromatic ring is 1. The Bertz CT molecular complexity index is 437. The van der Waals surface area contributed by atoms with Crippen LogP contribution in [0.4, 0.5) is 5.82 Å². The maximum atomic E-state index is 11.8. The van der Waals surface area contributed by atoms with E-state index in [1.54, 1.807) is 14.0 Å². The number of nitrogens with zero attached hydrogens (tertiary/aromatic N) is 2. The zero-order valence-electron chi connectivity index (χ0n) is 9.06. The Morgan fingerprint density at radius 1 is 1.67 bits per heavy atom. The van der Waals surface area contributed by atoms with Gasteiger partial charge in [0.05, 0.1) is 0 Å². The first-order valence-electron chi connectivity index (χ1n) is 4.68. The molecule has 0 aliphatic rings. The predicted octanol–water partition coefficient (Wildman–Crippen LogP) is 0.0791. The summed E-state index contributed by atoms with van der Waals surface area (Å²) in [6, 6.07) is -0.116. The van der Waals surface area contributed by atoms with Gasteiger partial charge in [-0.05, 0) is 13.3 Å². The lowest BCUT2D eigenvalue weighted by Gasteiger charge is -2.10. The molecule has 1 aromatic rings. The van der Waals surface area contributed by atoms with Crippen molar-refractivity contribution < 1.29 is 8.42 Å². The number of aryl methyl sites for hydroxylation is 1. The van der Waals surface area contributed by atoms with Crippen molar-refractivity contribution in [2.24, 2.45) is 7.05 Å². The molecule has 0 spiro atoms. The van der Waals surface area contributed by atoms with Gasteiger partial charge in [0.1, 0.15) is 4.90 Å². The summed E-state index contributed by atoms with van der Waals surface area (Å²) in [5.74, 6) is 0.0216. The highest BCUT2D eigenvalue weighted by Gasteiger charge is 2.21. The zero-order chi connectivity index (χ0) is 11.6. The molecule has 1 unspecified atom stereocenters. The number of nitrogens with two attached hydrogens (primary N) is 1. The Balaban J connectivity index is 3.01. The minimum atomic E-state index is -3.54. The molecule has 1 rings (SSSR count). The van der Waals surface area contributed by atoms with Gasteiger partial charge < -0.3 is 5.73 Å². The summed E-state index contributed by atoms with van der Waals surface area (Å²) in [5.41, 5.74) is 5.49. The van der Waals surface area contributed by atoms with Gasteiger partial charge in [-0.3, -0.25) is 4.68 Å². The van der Waals surface area contributed by atoms with E-state index in [9.17, 15) is 8.42 Å². The second-order valence-corrected chi connectivity index (χ2v) is 5.17. The predicted molar refractivity (Wildman–Crippen MR) is 57.7 cm³/mol. The molecule has 7 heteroatoms. The molecule has 1 aromatic heterocycles. The molecule has 0 aromatic carbocycles. The molecule has 0 amide bonds. The lowest BCUT2D eigenvalue weighted by molar-refractivity contribution is 0.556. The topological polar surface area (TPSA) is 90.0 Å². The fourth-order valence-electron chi connectivity index (χ4n) is 1.10. The quantitative estimate of drug-likeness (QED) is 0.769. The van der Waals surface area contributed by atoms with Gasteiger partial charge in [-0.25, -0.2) is 13.1 Å². The second kappa shape index (κ2) is 4.19. The number of aromatic nitrogens is 2. The van der Waals surface area contributed by atoms with Crippen molar-refractivity contribution in [3.8, 4) is 0 Å². The van der Waals surface area contributed by atoms with Crippen LogP contribution in [0.2, 0.25) is 0 Å². The number of hydrogen-bond donors (Lipinski definition) is 2. The second-order valence-electron chi connectivity index (χ2n) is 3.48. The Labute approximate surface area is 89.5 Å². The summed E-state index contributed by atoms with van der Waals surface area (Å²) < 4.78 is 27.5. The van der Waals surface area contributed by atoms with Crippen molar-refractivity contribution in [1.82, 2.24) is 14.5 Å². The van der Waals surface area contributed by atoms with Crippen LogP contribution in [0.15, 0.2) is 11.1 Å². The SMILES string of the molecule is CCC(C)NS(=O)(=O)c1cn(C)nc1N. The van der Waals surface area contributed by atoms with Crippen molar-refractivity contribution in [3.63, 3.8) is 0 Å². The third-order valence-corrected chi connectivity index (χ3v) is 3.69. The van der Waals surface area contributed by atoms with Gasteiger partial charge in [0.25, 0.3) is 0 Å². The maximum absolute atomic E-state index is 11.8. The van der Waals surface area contributed by atoms with E-state index in [0.717, 1.165) is 6.42 Å². The summed E-state index contributed by atoms with van der Waals surface area (Å²) in [6.07, 6.45) is 2.11. The van der Waals surface area contributed by atoms with E-state index < -0.39 is 10.0 Å². The smallest absolute Gasteiger partial charge is 0.246 e. The lowest BCUT2D eigenvalue weighted by Crippen LogP contribution is -2.32. The summed E-state index contributed by atoms with van der Waals surface area (Å²) in [5, 5.41) is 3.79. The average Bonchev–Trinajstić information content (AvgIpc) is 2.45. The van der Waals surface area contributed by atoms with E-state index in [1.807, 2.05) is 6.92 Å². The van der Waals surface area contributed by atoms with Gasteiger partial charge in [0, 0.05) is 19.3 Å². The van der Waals surface area contributed by atoms with E-state index in [1.165, 1.54) is 10.9 Å². The van der Waals surface area contributed by atoms with Crippen molar-refractivity contribution in [3.05, 3.63) is 6.20 Å². The van der Waals surface area contributed by atoms with Crippen molar-refractivity contribution in [1.29, 1.82) is 0 Å². The first-order valence-corrected chi connectivity index (χ1v) is 6.16. The lowest BCUT2D eigenvalue weighted by atomic mass is 10.3. The molecule has 0 fully saturated rings. The molecule has 6 nitrogen and oxygen atoms in total. The molecule has 1 atom stereocenters. The minimum Gasteiger partial charge on any atom is -0.381 e. The normalized spacial score (nSPS) is 14.1.